The molecule has 0 saturated heterocycles. The molecule has 0 radical (unpaired) electrons. The van der Waals surface area contributed by atoms with Crippen LogP contribution in [0, 0.1) is 0 Å². The molecular weight excluding hydrogens is 236 g/mol. The molecule has 1 heterocycles. The standard InChI is InChI=1S/C12H18N2S2/c1-9(6-12(13)15)14(11-2-3-11)7-10-4-5-16-8-10/h4-5,8-9,11H,2-3,6-7H2,1H3,(H2,13,15). The lowest BCUT2D eigenvalue weighted by Gasteiger charge is -2.28. The summed E-state index contributed by atoms with van der Waals surface area (Å²) in [5, 5.41) is 4.36. The molecule has 1 atom stereocenters. The van der Waals surface area contributed by atoms with Crippen molar-refractivity contribution in [3.63, 3.8) is 0 Å². The van der Waals surface area contributed by atoms with E-state index >= 15 is 0 Å². The van der Waals surface area contributed by atoms with E-state index in [0.717, 1.165) is 19.0 Å². The van der Waals surface area contributed by atoms with Gasteiger partial charge in [-0.05, 0) is 42.2 Å². The smallest absolute Gasteiger partial charge is 0.0742 e. The molecule has 2 nitrogen and oxygen atoms in total. The third kappa shape index (κ3) is 3.27. The van der Waals surface area contributed by atoms with Gasteiger partial charge >= 0.3 is 0 Å². The van der Waals surface area contributed by atoms with Crippen LogP contribution in [0.2, 0.25) is 0 Å². The first-order valence-corrected chi connectivity index (χ1v) is 7.07. The molecule has 0 amide bonds. The molecule has 16 heavy (non-hydrogen) atoms. The van der Waals surface area contributed by atoms with E-state index < -0.39 is 0 Å². The van der Waals surface area contributed by atoms with Crippen molar-refractivity contribution in [3.05, 3.63) is 22.4 Å². The van der Waals surface area contributed by atoms with Gasteiger partial charge in [-0.1, -0.05) is 12.2 Å². The van der Waals surface area contributed by atoms with Gasteiger partial charge in [-0.25, -0.2) is 0 Å². The van der Waals surface area contributed by atoms with E-state index in [4.69, 9.17) is 18.0 Å². The Bertz CT molecular complexity index is 344. The van der Waals surface area contributed by atoms with E-state index in [1.165, 1.54) is 18.4 Å². The highest BCUT2D eigenvalue weighted by Crippen LogP contribution is 2.31. The summed E-state index contributed by atoms with van der Waals surface area (Å²) >= 11 is 6.76. The van der Waals surface area contributed by atoms with Crippen LogP contribution in [0.15, 0.2) is 16.8 Å². The Morgan fingerprint density at radius 3 is 2.94 bits per heavy atom. The predicted molar refractivity (Wildman–Crippen MR) is 73.7 cm³/mol. The van der Waals surface area contributed by atoms with Crippen molar-refractivity contribution in [1.29, 1.82) is 0 Å². The van der Waals surface area contributed by atoms with Gasteiger partial charge in [0.15, 0.2) is 0 Å². The molecule has 2 rings (SSSR count). The van der Waals surface area contributed by atoms with Gasteiger partial charge in [0.05, 0.1) is 4.99 Å². The molecule has 1 unspecified atom stereocenters. The lowest BCUT2D eigenvalue weighted by atomic mass is 10.1. The molecule has 2 N–H and O–H groups in total. The molecule has 1 aromatic heterocycles. The zero-order chi connectivity index (χ0) is 11.5. The maximum atomic E-state index is 5.63. The van der Waals surface area contributed by atoms with Crippen molar-refractivity contribution in [3.8, 4) is 0 Å². The molecule has 0 bridgehead atoms. The molecule has 88 valence electrons. The predicted octanol–water partition coefficient (Wildman–Crippen LogP) is 2.78. The van der Waals surface area contributed by atoms with Crippen molar-refractivity contribution in [2.45, 2.75) is 44.8 Å². The fraction of sp³-hybridized carbons (Fsp3) is 0.583. The fourth-order valence-electron chi connectivity index (χ4n) is 2.05. The zero-order valence-electron chi connectivity index (χ0n) is 9.56. The lowest BCUT2D eigenvalue weighted by Crippen LogP contribution is -2.36. The summed E-state index contributed by atoms with van der Waals surface area (Å²) in [5.74, 6) is 0. The molecule has 0 spiro atoms. The van der Waals surface area contributed by atoms with E-state index in [0.29, 0.717) is 11.0 Å². The van der Waals surface area contributed by atoms with Crippen LogP contribution < -0.4 is 5.73 Å². The largest absolute Gasteiger partial charge is 0.393 e. The Morgan fingerprint density at radius 1 is 1.69 bits per heavy atom. The Balaban J connectivity index is 1.96. The normalized spacial score (nSPS) is 17.6. The van der Waals surface area contributed by atoms with Crippen LogP contribution >= 0.6 is 23.6 Å². The van der Waals surface area contributed by atoms with E-state index in [1.54, 1.807) is 11.3 Å². The first-order chi connectivity index (χ1) is 7.66. The maximum Gasteiger partial charge on any atom is 0.0742 e. The molecule has 1 aromatic rings. The second-order valence-electron chi connectivity index (χ2n) is 4.55. The van der Waals surface area contributed by atoms with Crippen LogP contribution in [-0.4, -0.2) is 22.0 Å². The van der Waals surface area contributed by atoms with Crippen LogP contribution in [-0.2, 0) is 6.54 Å². The van der Waals surface area contributed by atoms with Gasteiger partial charge in [0.25, 0.3) is 0 Å². The number of hydrogen-bond acceptors (Lipinski definition) is 3. The molecule has 1 aliphatic carbocycles. The highest BCUT2D eigenvalue weighted by molar-refractivity contribution is 7.80. The minimum atomic E-state index is 0.463. The average Bonchev–Trinajstić information content (AvgIpc) is 2.91. The van der Waals surface area contributed by atoms with Crippen molar-refractivity contribution in [1.82, 2.24) is 4.90 Å². The third-order valence-corrected chi connectivity index (χ3v) is 3.92. The van der Waals surface area contributed by atoms with Gasteiger partial charge in [0.1, 0.15) is 0 Å². The summed E-state index contributed by atoms with van der Waals surface area (Å²) < 4.78 is 0. The van der Waals surface area contributed by atoms with Crippen LogP contribution in [0.25, 0.3) is 0 Å². The molecule has 0 aromatic carbocycles. The molecule has 0 aliphatic heterocycles. The molecule has 4 heteroatoms. The first-order valence-electron chi connectivity index (χ1n) is 5.72. The van der Waals surface area contributed by atoms with Crippen LogP contribution in [0.5, 0.6) is 0 Å². The SMILES string of the molecule is CC(CC(N)=S)N(Cc1ccsc1)C1CC1. The number of rotatable bonds is 6. The summed E-state index contributed by atoms with van der Waals surface area (Å²) in [6, 6.07) is 3.42. The highest BCUT2D eigenvalue weighted by Gasteiger charge is 2.32. The van der Waals surface area contributed by atoms with E-state index in [9.17, 15) is 0 Å². The van der Waals surface area contributed by atoms with E-state index in [2.05, 4.69) is 28.7 Å². The number of hydrogen-bond donors (Lipinski definition) is 1. The first kappa shape index (κ1) is 12.0. The average molecular weight is 254 g/mol. The van der Waals surface area contributed by atoms with Gasteiger partial charge in [0, 0.05) is 25.0 Å². The molecule has 1 fully saturated rings. The number of thiocarbonyl (C=S) groups is 1. The topological polar surface area (TPSA) is 29.3 Å². The van der Waals surface area contributed by atoms with Gasteiger partial charge in [-0.3, -0.25) is 4.90 Å². The Labute approximate surface area is 106 Å². The number of nitrogens with zero attached hydrogens (tertiary/aromatic N) is 1. The summed E-state index contributed by atoms with van der Waals surface area (Å²) in [4.78, 5) is 3.17. The molecule has 1 saturated carbocycles. The monoisotopic (exact) mass is 254 g/mol. The Hall–Kier alpha value is -0.450. The van der Waals surface area contributed by atoms with Crippen molar-refractivity contribution >= 4 is 28.5 Å². The Morgan fingerprint density at radius 2 is 2.44 bits per heavy atom. The van der Waals surface area contributed by atoms with Gasteiger partial charge in [0.2, 0.25) is 0 Å². The summed E-state index contributed by atoms with van der Waals surface area (Å²) in [5.41, 5.74) is 7.04. The second-order valence-corrected chi connectivity index (χ2v) is 5.86. The molecule has 1 aliphatic rings. The summed E-state index contributed by atoms with van der Waals surface area (Å²) in [6.07, 6.45) is 3.48. The zero-order valence-corrected chi connectivity index (χ0v) is 11.2. The number of nitrogens with two attached hydrogens (primary N) is 1. The Kier molecular flexibility index (Phi) is 3.95. The van der Waals surface area contributed by atoms with E-state index in [-0.39, 0.29) is 0 Å². The highest BCUT2D eigenvalue weighted by atomic mass is 32.1. The minimum Gasteiger partial charge on any atom is -0.393 e. The van der Waals surface area contributed by atoms with Gasteiger partial charge < -0.3 is 5.73 Å². The van der Waals surface area contributed by atoms with Crippen LogP contribution in [0.3, 0.4) is 0 Å². The lowest BCUT2D eigenvalue weighted by molar-refractivity contribution is 0.194. The van der Waals surface area contributed by atoms with Gasteiger partial charge in [-0.2, -0.15) is 11.3 Å². The van der Waals surface area contributed by atoms with Gasteiger partial charge in [-0.15, -0.1) is 0 Å². The van der Waals surface area contributed by atoms with Crippen molar-refractivity contribution in [2.75, 3.05) is 0 Å². The second kappa shape index (κ2) is 5.25. The maximum absolute atomic E-state index is 5.63. The fourth-order valence-corrected chi connectivity index (χ4v) is 2.95. The summed E-state index contributed by atoms with van der Waals surface area (Å²) in [6.45, 7) is 3.27. The van der Waals surface area contributed by atoms with Crippen LogP contribution in [0.4, 0.5) is 0 Å². The van der Waals surface area contributed by atoms with E-state index in [1.807, 2.05) is 0 Å². The van der Waals surface area contributed by atoms with Crippen molar-refractivity contribution < 1.29 is 0 Å². The third-order valence-electron chi connectivity index (χ3n) is 3.02. The number of thiophene rings is 1. The van der Waals surface area contributed by atoms with Crippen LogP contribution in [0.1, 0.15) is 31.7 Å². The summed E-state index contributed by atoms with van der Waals surface area (Å²) in [7, 11) is 0. The minimum absolute atomic E-state index is 0.463. The van der Waals surface area contributed by atoms with Crippen molar-refractivity contribution in [2.24, 2.45) is 5.73 Å². The quantitative estimate of drug-likeness (QED) is 0.792. The molecular formula is C12H18N2S2.